The Hall–Kier alpha value is -1.75. The number of methoxy groups -OCH3 is 1. The molecule has 1 saturated carbocycles. The van der Waals surface area contributed by atoms with Crippen molar-refractivity contribution in [3.8, 4) is 5.75 Å². The van der Waals surface area contributed by atoms with Crippen LogP contribution in [0.25, 0.3) is 0 Å². The van der Waals surface area contributed by atoms with Crippen LogP contribution in [0.5, 0.6) is 5.75 Å². The molecule has 0 spiro atoms. The van der Waals surface area contributed by atoms with Crippen molar-refractivity contribution in [2.45, 2.75) is 19.8 Å². The van der Waals surface area contributed by atoms with E-state index in [0.717, 1.165) is 0 Å². The number of rotatable bonds is 4. The highest BCUT2D eigenvalue weighted by Crippen LogP contribution is 2.37. The van der Waals surface area contributed by atoms with Crippen molar-refractivity contribution in [2.24, 2.45) is 17.8 Å². The Morgan fingerprint density at radius 2 is 2.00 bits per heavy atom. The highest BCUT2D eigenvalue weighted by atomic mass is 35.5. The second kappa shape index (κ2) is 6.35. The number of carboxylic acids is 1. The second-order valence-electron chi connectivity index (χ2n) is 5.46. The fourth-order valence-corrected chi connectivity index (χ4v) is 2.97. The number of carboxylic acid groups (broad SMARTS) is 1. The molecule has 1 unspecified atom stereocenters. The van der Waals surface area contributed by atoms with Crippen LogP contribution in [0.3, 0.4) is 0 Å². The van der Waals surface area contributed by atoms with E-state index in [1.54, 1.807) is 18.2 Å². The lowest BCUT2D eigenvalue weighted by Crippen LogP contribution is -2.30. The molecule has 0 saturated heterocycles. The number of hydrogen-bond acceptors (Lipinski definition) is 3. The molecule has 1 fully saturated rings. The number of carbonyl (C=O) groups excluding carboxylic acids is 1. The third-order valence-corrected chi connectivity index (χ3v) is 4.21. The van der Waals surface area contributed by atoms with E-state index in [2.05, 4.69) is 5.32 Å². The van der Waals surface area contributed by atoms with Crippen LogP contribution in [0.4, 0.5) is 5.69 Å². The van der Waals surface area contributed by atoms with Crippen molar-refractivity contribution in [3.05, 3.63) is 23.2 Å². The largest absolute Gasteiger partial charge is 0.497 e. The lowest BCUT2D eigenvalue weighted by Gasteiger charge is -2.16. The second-order valence-corrected chi connectivity index (χ2v) is 5.87. The van der Waals surface area contributed by atoms with Gasteiger partial charge in [-0.1, -0.05) is 18.5 Å². The lowest BCUT2D eigenvalue weighted by atomic mass is 9.95. The van der Waals surface area contributed by atoms with Crippen LogP contribution in [0.2, 0.25) is 5.02 Å². The van der Waals surface area contributed by atoms with Crippen LogP contribution < -0.4 is 10.1 Å². The summed E-state index contributed by atoms with van der Waals surface area (Å²) in [5, 5.41) is 12.3. The van der Waals surface area contributed by atoms with Gasteiger partial charge in [-0.25, -0.2) is 0 Å². The molecule has 1 aromatic rings. The Balaban J connectivity index is 2.16. The van der Waals surface area contributed by atoms with Crippen LogP contribution in [-0.4, -0.2) is 24.1 Å². The van der Waals surface area contributed by atoms with Crippen molar-refractivity contribution in [1.82, 2.24) is 0 Å². The normalized spacial score (nSPS) is 24.6. The average molecular weight is 312 g/mol. The van der Waals surface area contributed by atoms with Gasteiger partial charge < -0.3 is 15.2 Å². The molecule has 1 aliphatic rings. The van der Waals surface area contributed by atoms with E-state index in [1.165, 1.54) is 7.11 Å². The number of carbonyl (C=O) groups is 2. The molecule has 0 heterocycles. The zero-order chi connectivity index (χ0) is 15.6. The summed E-state index contributed by atoms with van der Waals surface area (Å²) in [5.41, 5.74) is 0.435. The quantitative estimate of drug-likeness (QED) is 0.896. The van der Waals surface area contributed by atoms with Gasteiger partial charge in [0, 0.05) is 6.07 Å². The van der Waals surface area contributed by atoms with Gasteiger partial charge in [0.05, 0.1) is 29.7 Å². The summed E-state index contributed by atoms with van der Waals surface area (Å²) in [7, 11) is 1.52. The lowest BCUT2D eigenvalue weighted by molar-refractivity contribution is -0.145. The van der Waals surface area contributed by atoms with E-state index < -0.39 is 17.8 Å². The van der Waals surface area contributed by atoms with Gasteiger partial charge in [-0.2, -0.15) is 0 Å². The van der Waals surface area contributed by atoms with Gasteiger partial charge in [-0.15, -0.1) is 0 Å². The molecular weight excluding hydrogens is 294 g/mol. The van der Waals surface area contributed by atoms with Crippen LogP contribution in [0.1, 0.15) is 19.8 Å². The van der Waals surface area contributed by atoms with E-state index in [-0.39, 0.29) is 11.8 Å². The molecule has 114 valence electrons. The molecule has 0 aliphatic heterocycles. The fraction of sp³-hybridized carbons (Fsp3) is 0.467. The maximum Gasteiger partial charge on any atom is 0.307 e. The summed E-state index contributed by atoms with van der Waals surface area (Å²) in [6, 6.07) is 4.94. The zero-order valence-corrected chi connectivity index (χ0v) is 12.7. The third-order valence-electron chi connectivity index (χ3n) is 3.88. The molecule has 3 atom stereocenters. The minimum absolute atomic E-state index is 0.225. The van der Waals surface area contributed by atoms with Gasteiger partial charge in [-0.05, 0) is 30.9 Å². The molecule has 21 heavy (non-hydrogen) atoms. The monoisotopic (exact) mass is 311 g/mol. The maximum absolute atomic E-state index is 12.4. The van der Waals surface area contributed by atoms with Crippen LogP contribution in [0.15, 0.2) is 18.2 Å². The zero-order valence-electron chi connectivity index (χ0n) is 11.9. The highest BCUT2D eigenvalue weighted by molar-refractivity contribution is 6.33. The molecule has 1 aliphatic carbocycles. The summed E-state index contributed by atoms with van der Waals surface area (Å²) >= 11 is 6.04. The summed E-state index contributed by atoms with van der Waals surface area (Å²) < 4.78 is 5.09. The van der Waals surface area contributed by atoms with Gasteiger partial charge >= 0.3 is 5.97 Å². The van der Waals surface area contributed by atoms with E-state index in [9.17, 15) is 14.7 Å². The number of anilines is 1. The first-order valence-corrected chi connectivity index (χ1v) is 7.17. The first-order valence-electron chi connectivity index (χ1n) is 6.79. The Morgan fingerprint density at radius 3 is 2.62 bits per heavy atom. The Bertz CT molecular complexity index is 561. The number of halogens is 1. The molecule has 0 aromatic heterocycles. The van der Waals surface area contributed by atoms with E-state index in [4.69, 9.17) is 16.3 Å². The summed E-state index contributed by atoms with van der Waals surface area (Å²) in [4.78, 5) is 23.6. The van der Waals surface area contributed by atoms with Gasteiger partial charge in [-0.3, -0.25) is 9.59 Å². The number of hydrogen-bond donors (Lipinski definition) is 2. The first kappa shape index (κ1) is 15.6. The van der Waals surface area contributed by atoms with Gasteiger partial charge in [0.1, 0.15) is 5.75 Å². The van der Waals surface area contributed by atoms with Gasteiger partial charge in [0.25, 0.3) is 0 Å². The Labute approximate surface area is 128 Å². The Morgan fingerprint density at radius 1 is 1.33 bits per heavy atom. The standard InChI is InChI=1S/C15H18ClNO4/c1-8-5-10(11(6-8)15(19)20)14(18)17-13-7-9(21-2)3-4-12(13)16/h3-4,7-8,10-11H,5-6H2,1-2H3,(H,17,18)(H,19,20)/t8?,10-,11+/m0/s1. The number of aliphatic carboxylic acids is 1. The highest BCUT2D eigenvalue weighted by Gasteiger charge is 2.41. The third kappa shape index (κ3) is 3.47. The fourth-order valence-electron chi connectivity index (χ4n) is 2.81. The van der Waals surface area contributed by atoms with Crippen LogP contribution >= 0.6 is 11.6 Å². The summed E-state index contributed by atoms with van der Waals surface area (Å²) in [6.45, 7) is 1.96. The molecule has 1 amide bonds. The van der Waals surface area contributed by atoms with Crippen molar-refractivity contribution in [3.63, 3.8) is 0 Å². The van der Waals surface area contributed by atoms with E-state index in [0.29, 0.717) is 29.3 Å². The minimum atomic E-state index is -0.920. The molecule has 2 N–H and O–H groups in total. The molecule has 0 radical (unpaired) electrons. The SMILES string of the molecule is COc1ccc(Cl)c(NC(=O)[C@H]2CC(C)C[C@H]2C(=O)O)c1. The summed E-state index contributed by atoms with van der Waals surface area (Å²) in [6.07, 6.45) is 1.10. The van der Waals surface area contributed by atoms with E-state index >= 15 is 0 Å². The molecule has 2 rings (SSSR count). The smallest absolute Gasteiger partial charge is 0.307 e. The first-order chi connectivity index (χ1) is 9.92. The van der Waals surface area contributed by atoms with Gasteiger partial charge in [0.2, 0.25) is 5.91 Å². The summed E-state index contributed by atoms with van der Waals surface area (Å²) in [5.74, 6) is -1.59. The molecular formula is C15H18ClNO4. The molecule has 1 aromatic carbocycles. The van der Waals surface area contributed by atoms with Crippen molar-refractivity contribution in [1.29, 1.82) is 0 Å². The predicted molar refractivity (Wildman–Crippen MR) is 79.6 cm³/mol. The maximum atomic E-state index is 12.4. The molecule has 5 nitrogen and oxygen atoms in total. The van der Waals surface area contributed by atoms with Crippen molar-refractivity contribution in [2.75, 3.05) is 12.4 Å². The van der Waals surface area contributed by atoms with Gasteiger partial charge in [0.15, 0.2) is 0 Å². The number of ether oxygens (including phenoxy) is 1. The van der Waals surface area contributed by atoms with Crippen molar-refractivity contribution < 1.29 is 19.4 Å². The number of nitrogens with one attached hydrogen (secondary N) is 1. The number of benzene rings is 1. The van der Waals surface area contributed by atoms with Crippen LogP contribution in [-0.2, 0) is 9.59 Å². The van der Waals surface area contributed by atoms with Crippen molar-refractivity contribution >= 4 is 29.2 Å². The van der Waals surface area contributed by atoms with Crippen LogP contribution in [0, 0.1) is 17.8 Å². The van der Waals surface area contributed by atoms with E-state index in [1.807, 2.05) is 6.92 Å². The molecule has 6 heteroatoms. The predicted octanol–water partition coefficient (Wildman–Crippen LogP) is 3.03. The topological polar surface area (TPSA) is 75.6 Å². The molecule has 0 bridgehead atoms. The minimum Gasteiger partial charge on any atom is -0.497 e. The number of amides is 1. The average Bonchev–Trinajstić information content (AvgIpc) is 2.83. The Kier molecular flexibility index (Phi) is 4.73.